The minimum atomic E-state index is -0.665. The normalized spacial score (nSPS) is 12.6. The van der Waals surface area contributed by atoms with E-state index in [9.17, 15) is 19.8 Å². The lowest BCUT2D eigenvalue weighted by Gasteiger charge is -2.22. The van der Waals surface area contributed by atoms with E-state index >= 15 is 0 Å². The molecule has 0 aromatic heterocycles. The first-order chi connectivity index (χ1) is 33.0. The molecule has 6 heteroatoms. The summed E-state index contributed by atoms with van der Waals surface area (Å²) in [6, 6.07) is -0.542. The third-order valence-electron chi connectivity index (χ3n) is 14.3. The Balaban J connectivity index is 3.39. The van der Waals surface area contributed by atoms with Crippen LogP contribution in [0.3, 0.4) is 0 Å². The molecule has 3 N–H and O–H groups in total. The van der Waals surface area contributed by atoms with Gasteiger partial charge in [-0.15, -0.1) is 0 Å². The molecule has 6 nitrogen and oxygen atoms in total. The number of unbranched alkanes of at least 4 members (excludes halogenated alkanes) is 44. The van der Waals surface area contributed by atoms with Crippen molar-refractivity contribution in [2.75, 3.05) is 13.2 Å². The second kappa shape index (κ2) is 57.2. The van der Waals surface area contributed by atoms with Gasteiger partial charge in [-0.2, -0.15) is 0 Å². The highest BCUT2D eigenvalue weighted by Crippen LogP contribution is 2.18. The summed E-state index contributed by atoms with van der Waals surface area (Å²) in [5.41, 5.74) is 0. The van der Waals surface area contributed by atoms with E-state index in [-0.39, 0.29) is 18.5 Å². The van der Waals surface area contributed by atoms with Crippen LogP contribution in [-0.4, -0.2) is 47.4 Å². The Kier molecular flexibility index (Phi) is 56.0. The molecule has 0 aliphatic heterocycles. The summed E-state index contributed by atoms with van der Waals surface area (Å²) in [7, 11) is 0. The quantitative estimate of drug-likeness (QED) is 0.0321. The van der Waals surface area contributed by atoms with E-state index in [1.165, 1.54) is 270 Å². The third kappa shape index (κ3) is 53.8. The smallest absolute Gasteiger partial charge is 0.305 e. The topological polar surface area (TPSA) is 95.9 Å². The van der Waals surface area contributed by atoms with Crippen LogP contribution in [0.5, 0.6) is 0 Å². The number of carbonyl (C=O) groups excluding carboxylic acids is 2. The summed E-state index contributed by atoms with van der Waals surface area (Å²) >= 11 is 0. The molecule has 0 fully saturated rings. The molecule has 0 aromatic carbocycles. The van der Waals surface area contributed by atoms with Crippen molar-refractivity contribution in [3.8, 4) is 0 Å². The van der Waals surface area contributed by atoms with Gasteiger partial charge in [-0.05, 0) is 51.4 Å². The first-order valence-electron chi connectivity index (χ1n) is 30.4. The molecule has 0 aliphatic rings. The predicted molar refractivity (Wildman–Crippen MR) is 292 cm³/mol. The Morgan fingerprint density at radius 3 is 1.06 bits per heavy atom. The van der Waals surface area contributed by atoms with Gasteiger partial charge >= 0.3 is 5.97 Å². The van der Waals surface area contributed by atoms with E-state index in [4.69, 9.17) is 4.74 Å². The van der Waals surface area contributed by atoms with Gasteiger partial charge in [0.1, 0.15) is 0 Å². The van der Waals surface area contributed by atoms with Gasteiger partial charge in [0.25, 0.3) is 0 Å². The first kappa shape index (κ1) is 65.6. The molecular weight excluding hydrogens is 827 g/mol. The van der Waals surface area contributed by atoms with Crippen molar-refractivity contribution in [3.05, 3.63) is 12.2 Å². The first-order valence-corrected chi connectivity index (χ1v) is 30.4. The number of nitrogens with one attached hydrogen (secondary N) is 1. The predicted octanol–water partition coefficient (Wildman–Crippen LogP) is 18.9. The Morgan fingerprint density at radius 2 is 0.701 bits per heavy atom. The zero-order chi connectivity index (χ0) is 48.6. The Morgan fingerprint density at radius 1 is 0.403 bits per heavy atom. The fourth-order valence-corrected chi connectivity index (χ4v) is 9.64. The molecule has 0 saturated carbocycles. The fourth-order valence-electron chi connectivity index (χ4n) is 9.64. The number of hydrogen-bond donors (Lipinski definition) is 3. The standard InChI is InChI=1S/C61H119NO5/c1-3-5-7-9-11-13-15-16-30-34-37-41-45-49-53-59(64)58(57-63)62-60(65)54-50-46-42-38-35-31-28-26-24-22-20-18-17-19-21-23-25-27-29-32-36-40-44-48-52-56-67-61(66)55-51-47-43-39-33-14-12-10-8-6-4-2/h18,20,58-59,63-64H,3-17,19,21-57H2,1-2H3,(H,62,65)/b20-18-. The number of aliphatic hydroxyl groups excluding tert-OH is 2. The van der Waals surface area contributed by atoms with Crippen LogP contribution in [0.1, 0.15) is 341 Å². The highest BCUT2D eigenvalue weighted by Gasteiger charge is 2.20. The molecule has 0 heterocycles. The maximum Gasteiger partial charge on any atom is 0.305 e. The molecule has 67 heavy (non-hydrogen) atoms. The summed E-state index contributed by atoms with van der Waals surface area (Å²) in [6.45, 7) is 4.97. The van der Waals surface area contributed by atoms with Crippen molar-refractivity contribution >= 4 is 11.9 Å². The van der Waals surface area contributed by atoms with Crippen LogP contribution in [-0.2, 0) is 14.3 Å². The number of aliphatic hydroxyl groups is 2. The van der Waals surface area contributed by atoms with Crippen molar-refractivity contribution in [1.82, 2.24) is 5.32 Å². The number of ether oxygens (including phenoxy) is 1. The third-order valence-corrected chi connectivity index (χ3v) is 14.3. The fraction of sp³-hybridized carbons (Fsp3) is 0.934. The molecule has 0 saturated heterocycles. The van der Waals surface area contributed by atoms with Crippen molar-refractivity contribution in [3.63, 3.8) is 0 Å². The lowest BCUT2D eigenvalue weighted by atomic mass is 10.0. The van der Waals surface area contributed by atoms with Crippen LogP contribution in [0.4, 0.5) is 0 Å². The highest BCUT2D eigenvalue weighted by molar-refractivity contribution is 5.76. The number of esters is 1. The van der Waals surface area contributed by atoms with Gasteiger partial charge < -0.3 is 20.3 Å². The van der Waals surface area contributed by atoms with Gasteiger partial charge in [-0.25, -0.2) is 0 Å². The Labute approximate surface area is 419 Å². The molecular formula is C61H119NO5. The van der Waals surface area contributed by atoms with E-state index in [2.05, 4.69) is 31.3 Å². The van der Waals surface area contributed by atoms with Crippen LogP contribution in [0.25, 0.3) is 0 Å². The largest absolute Gasteiger partial charge is 0.466 e. The van der Waals surface area contributed by atoms with Gasteiger partial charge in [0.2, 0.25) is 5.91 Å². The van der Waals surface area contributed by atoms with E-state index in [1.54, 1.807) is 0 Å². The molecule has 0 spiro atoms. The molecule has 398 valence electrons. The molecule has 2 unspecified atom stereocenters. The lowest BCUT2D eigenvalue weighted by molar-refractivity contribution is -0.143. The number of hydrogen-bond acceptors (Lipinski definition) is 5. The molecule has 0 aromatic rings. The van der Waals surface area contributed by atoms with Crippen molar-refractivity contribution in [1.29, 1.82) is 0 Å². The van der Waals surface area contributed by atoms with Gasteiger partial charge in [-0.3, -0.25) is 9.59 Å². The average Bonchev–Trinajstić information content (AvgIpc) is 3.33. The van der Waals surface area contributed by atoms with Crippen LogP contribution in [0.2, 0.25) is 0 Å². The van der Waals surface area contributed by atoms with E-state index in [1.807, 2.05) is 0 Å². The lowest BCUT2D eigenvalue weighted by Crippen LogP contribution is -2.45. The SMILES string of the molecule is CCCCCCCCCCCCCCCCC(O)C(CO)NC(=O)CCCCCCCCCCC/C=C\CCCCCCCCCCCCCCOC(=O)CCCCCCCCCCCCC. The monoisotopic (exact) mass is 946 g/mol. The molecule has 0 aliphatic carbocycles. The van der Waals surface area contributed by atoms with Crippen LogP contribution >= 0.6 is 0 Å². The average molecular weight is 947 g/mol. The molecule has 1 amide bonds. The van der Waals surface area contributed by atoms with Crippen LogP contribution in [0, 0.1) is 0 Å². The molecule has 0 rings (SSSR count). The van der Waals surface area contributed by atoms with E-state index in [0.29, 0.717) is 25.9 Å². The second-order valence-electron chi connectivity index (χ2n) is 21.0. The summed E-state index contributed by atoms with van der Waals surface area (Å²) in [5, 5.41) is 23.3. The van der Waals surface area contributed by atoms with Crippen molar-refractivity contribution < 1.29 is 24.5 Å². The number of rotatable bonds is 57. The maximum absolute atomic E-state index is 12.5. The highest BCUT2D eigenvalue weighted by atomic mass is 16.5. The minimum absolute atomic E-state index is 0.0136. The Bertz CT molecular complexity index is 1000. The number of carbonyl (C=O) groups is 2. The summed E-state index contributed by atoms with van der Waals surface area (Å²) in [4.78, 5) is 24.5. The summed E-state index contributed by atoms with van der Waals surface area (Å²) < 4.78 is 5.47. The minimum Gasteiger partial charge on any atom is -0.466 e. The second-order valence-corrected chi connectivity index (χ2v) is 21.0. The van der Waals surface area contributed by atoms with Gasteiger partial charge in [0.05, 0.1) is 25.4 Å². The molecule has 0 bridgehead atoms. The zero-order valence-corrected chi connectivity index (χ0v) is 45.4. The van der Waals surface area contributed by atoms with Crippen LogP contribution in [0.15, 0.2) is 12.2 Å². The molecule has 0 radical (unpaired) electrons. The summed E-state index contributed by atoms with van der Waals surface area (Å²) in [5.74, 6) is -0.0225. The van der Waals surface area contributed by atoms with Crippen molar-refractivity contribution in [2.24, 2.45) is 0 Å². The van der Waals surface area contributed by atoms with Gasteiger partial charge in [-0.1, -0.05) is 289 Å². The van der Waals surface area contributed by atoms with Crippen molar-refractivity contribution in [2.45, 2.75) is 353 Å². The number of amides is 1. The van der Waals surface area contributed by atoms with Gasteiger partial charge in [0, 0.05) is 12.8 Å². The van der Waals surface area contributed by atoms with Gasteiger partial charge in [0.15, 0.2) is 0 Å². The number of allylic oxidation sites excluding steroid dienone is 2. The van der Waals surface area contributed by atoms with Crippen LogP contribution < -0.4 is 5.32 Å². The summed E-state index contributed by atoms with van der Waals surface area (Å²) in [6.07, 6.45) is 67.9. The Hall–Kier alpha value is -1.40. The zero-order valence-electron chi connectivity index (χ0n) is 45.4. The van der Waals surface area contributed by atoms with E-state index < -0.39 is 12.1 Å². The van der Waals surface area contributed by atoms with E-state index in [0.717, 1.165) is 38.5 Å². The maximum atomic E-state index is 12.5. The molecule has 2 atom stereocenters.